The van der Waals surface area contributed by atoms with Gasteiger partial charge in [-0.1, -0.05) is 66.8 Å². The maximum absolute atomic E-state index is 13.1. The van der Waals surface area contributed by atoms with Crippen LogP contribution in [-0.2, 0) is 16.1 Å². The Labute approximate surface area is 192 Å². The van der Waals surface area contributed by atoms with Crippen LogP contribution in [0.5, 0.6) is 5.75 Å². The molecule has 0 radical (unpaired) electrons. The van der Waals surface area contributed by atoms with Crippen molar-refractivity contribution in [1.29, 1.82) is 0 Å². The zero-order valence-corrected chi connectivity index (χ0v) is 19.2. The zero-order valence-electron chi connectivity index (χ0n) is 17.0. The number of ether oxygens (including phenoxy) is 1. The molecule has 0 aromatic heterocycles. The topological polar surface area (TPSA) is 58.6 Å². The molecule has 0 fully saturated rings. The fourth-order valence-corrected chi connectivity index (χ4v) is 3.42. The van der Waals surface area contributed by atoms with Crippen molar-refractivity contribution in [3.8, 4) is 5.75 Å². The Balaban J connectivity index is 2.23. The van der Waals surface area contributed by atoms with E-state index in [4.69, 9.17) is 39.5 Å². The van der Waals surface area contributed by atoms with E-state index in [2.05, 4.69) is 5.32 Å². The molecule has 2 amide bonds. The molecule has 0 aliphatic carbocycles. The van der Waals surface area contributed by atoms with Crippen LogP contribution in [0.25, 0.3) is 0 Å². The van der Waals surface area contributed by atoms with Gasteiger partial charge in [0, 0.05) is 13.1 Å². The number of carbonyl (C=O) groups excluding carboxylic acids is 2. The first-order chi connectivity index (χ1) is 14.4. The van der Waals surface area contributed by atoms with Gasteiger partial charge in [0.05, 0.1) is 15.1 Å². The number of nitrogens with one attached hydrogen (secondary N) is 1. The maximum atomic E-state index is 13.1. The second-order valence-corrected chi connectivity index (χ2v) is 7.93. The van der Waals surface area contributed by atoms with Gasteiger partial charge in [-0.15, -0.1) is 0 Å². The molecule has 8 heteroatoms. The predicted octanol–water partition coefficient (Wildman–Crippen LogP) is 5.36. The van der Waals surface area contributed by atoms with E-state index >= 15 is 0 Å². The molecule has 2 aromatic rings. The third kappa shape index (κ3) is 6.79. The molecular weight excluding hydrogens is 447 g/mol. The Bertz CT molecular complexity index is 876. The first kappa shape index (κ1) is 24.3. The van der Waals surface area contributed by atoms with Gasteiger partial charge < -0.3 is 15.0 Å². The van der Waals surface area contributed by atoms with Gasteiger partial charge in [-0.3, -0.25) is 9.59 Å². The molecule has 0 aliphatic rings. The number of rotatable bonds is 10. The molecule has 0 unspecified atom stereocenters. The van der Waals surface area contributed by atoms with E-state index < -0.39 is 6.04 Å². The first-order valence-corrected chi connectivity index (χ1v) is 10.9. The summed E-state index contributed by atoms with van der Waals surface area (Å²) < 4.78 is 5.61. The highest BCUT2D eigenvalue weighted by molar-refractivity contribution is 6.42. The summed E-state index contributed by atoms with van der Waals surface area (Å²) in [4.78, 5) is 27.3. The van der Waals surface area contributed by atoms with E-state index in [1.807, 2.05) is 13.8 Å². The van der Waals surface area contributed by atoms with Crippen LogP contribution in [0.2, 0.25) is 15.1 Å². The molecular formula is C22H25Cl3N2O3. The lowest BCUT2D eigenvalue weighted by atomic mass is 10.1. The third-order valence-electron chi connectivity index (χ3n) is 4.46. The third-order valence-corrected chi connectivity index (χ3v) is 5.51. The number of benzene rings is 2. The van der Waals surface area contributed by atoms with Crippen molar-refractivity contribution in [3.05, 3.63) is 63.1 Å². The van der Waals surface area contributed by atoms with Crippen molar-refractivity contribution in [2.24, 2.45) is 0 Å². The van der Waals surface area contributed by atoms with Crippen LogP contribution < -0.4 is 10.1 Å². The molecule has 0 heterocycles. The highest BCUT2D eigenvalue weighted by Crippen LogP contribution is 2.25. The van der Waals surface area contributed by atoms with Gasteiger partial charge in [0.15, 0.2) is 6.61 Å². The number of amides is 2. The smallest absolute Gasteiger partial charge is 0.261 e. The van der Waals surface area contributed by atoms with Crippen LogP contribution in [-0.4, -0.2) is 35.9 Å². The fraction of sp³-hybridized carbons (Fsp3) is 0.364. The monoisotopic (exact) mass is 470 g/mol. The lowest BCUT2D eigenvalue weighted by molar-refractivity contribution is -0.143. The summed E-state index contributed by atoms with van der Waals surface area (Å²) in [5, 5.41) is 4.09. The highest BCUT2D eigenvalue weighted by atomic mass is 35.5. The molecule has 5 nitrogen and oxygen atoms in total. The number of nitrogens with zero attached hydrogens (tertiary/aromatic N) is 1. The molecule has 1 atom stereocenters. The lowest BCUT2D eigenvalue weighted by Gasteiger charge is -2.30. The predicted molar refractivity (Wildman–Crippen MR) is 121 cm³/mol. The van der Waals surface area contributed by atoms with E-state index in [1.165, 1.54) is 4.90 Å². The standard InChI is InChI=1S/C22H25Cl3N2O3/c1-3-11-26-22(29)19(4-2)27(13-15-9-10-16(23)18(25)12-15)21(28)14-30-20-8-6-5-7-17(20)24/h5-10,12,19H,3-4,11,13-14H2,1-2H3,(H,26,29)/t19-/m0/s1. The van der Waals surface area contributed by atoms with E-state index in [9.17, 15) is 9.59 Å². The molecule has 0 saturated carbocycles. The summed E-state index contributed by atoms with van der Waals surface area (Å²) in [6.45, 7) is 4.32. The Kier molecular flexibility index (Phi) is 9.76. The normalized spacial score (nSPS) is 11.6. The molecule has 0 saturated heterocycles. The molecule has 0 bridgehead atoms. The van der Waals surface area contributed by atoms with Crippen molar-refractivity contribution < 1.29 is 14.3 Å². The Morgan fingerprint density at radius 2 is 1.77 bits per heavy atom. The van der Waals surface area contributed by atoms with Crippen molar-refractivity contribution in [2.45, 2.75) is 39.3 Å². The summed E-state index contributed by atoms with van der Waals surface area (Å²) >= 11 is 18.2. The van der Waals surface area contributed by atoms with Gasteiger partial charge in [0.25, 0.3) is 5.91 Å². The summed E-state index contributed by atoms with van der Waals surface area (Å²) in [5.74, 6) is -0.129. The fourth-order valence-electron chi connectivity index (χ4n) is 2.90. The van der Waals surface area contributed by atoms with Crippen LogP contribution in [0.1, 0.15) is 32.3 Å². The number of carbonyl (C=O) groups is 2. The molecule has 2 rings (SSSR count). The lowest BCUT2D eigenvalue weighted by Crippen LogP contribution is -2.50. The number of hydrogen-bond donors (Lipinski definition) is 1. The van der Waals surface area contributed by atoms with Crippen LogP contribution in [0.15, 0.2) is 42.5 Å². The highest BCUT2D eigenvalue weighted by Gasteiger charge is 2.29. The van der Waals surface area contributed by atoms with Gasteiger partial charge in [0.1, 0.15) is 11.8 Å². The van der Waals surface area contributed by atoms with Crippen molar-refractivity contribution in [3.63, 3.8) is 0 Å². The van der Waals surface area contributed by atoms with Crippen LogP contribution in [0, 0.1) is 0 Å². The van der Waals surface area contributed by atoms with Crippen LogP contribution in [0.4, 0.5) is 0 Å². The summed E-state index contributed by atoms with van der Waals surface area (Å²) in [6, 6.07) is 11.4. The van der Waals surface area contributed by atoms with Crippen LogP contribution >= 0.6 is 34.8 Å². The Morgan fingerprint density at radius 3 is 2.40 bits per heavy atom. The van der Waals surface area contributed by atoms with Gasteiger partial charge in [-0.05, 0) is 42.7 Å². The van der Waals surface area contributed by atoms with Crippen molar-refractivity contribution >= 4 is 46.6 Å². The van der Waals surface area contributed by atoms with Crippen LogP contribution in [0.3, 0.4) is 0 Å². The molecule has 162 valence electrons. The van der Waals surface area contributed by atoms with Gasteiger partial charge >= 0.3 is 0 Å². The molecule has 0 aliphatic heterocycles. The quantitative estimate of drug-likeness (QED) is 0.507. The number of hydrogen-bond acceptors (Lipinski definition) is 3. The minimum atomic E-state index is -0.645. The minimum absolute atomic E-state index is 0.194. The summed E-state index contributed by atoms with van der Waals surface area (Å²) in [6.07, 6.45) is 1.26. The summed E-state index contributed by atoms with van der Waals surface area (Å²) in [7, 11) is 0. The average Bonchev–Trinajstić information content (AvgIpc) is 2.73. The van der Waals surface area contributed by atoms with Crippen molar-refractivity contribution in [2.75, 3.05) is 13.2 Å². The molecule has 2 aromatic carbocycles. The number of para-hydroxylation sites is 1. The van der Waals surface area contributed by atoms with Gasteiger partial charge in [-0.25, -0.2) is 0 Å². The SMILES string of the molecule is CCCNC(=O)[C@H](CC)N(Cc1ccc(Cl)c(Cl)c1)C(=O)COc1ccccc1Cl. The van der Waals surface area contributed by atoms with Gasteiger partial charge in [0.2, 0.25) is 5.91 Å². The van der Waals surface area contributed by atoms with E-state index in [-0.39, 0.29) is 25.0 Å². The first-order valence-electron chi connectivity index (χ1n) is 9.75. The maximum Gasteiger partial charge on any atom is 0.261 e. The number of halogens is 3. The second-order valence-electron chi connectivity index (χ2n) is 6.70. The minimum Gasteiger partial charge on any atom is -0.482 e. The van der Waals surface area contributed by atoms with E-state index in [1.54, 1.807) is 42.5 Å². The average molecular weight is 472 g/mol. The second kappa shape index (κ2) is 12.0. The largest absolute Gasteiger partial charge is 0.482 e. The van der Waals surface area contributed by atoms with Gasteiger partial charge in [-0.2, -0.15) is 0 Å². The molecule has 30 heavy (non-hydrogen) atoms. The molecule has 1 N–H and O–H groups in total. The zero-order chi connectivity index (χ0) is 22.1. The summed E-state index contributed by atoms with van der Waals surface area (Å²) in [5.41, 5.74) is 0.761. The Hall–Kier alpha value is -1.95. The molecule has 0 spiro atoms. The van der Waals surface area contributed by atoms with E-state index in [0.29, 0.717) is 33.8 Å². The van der Waals surface area contributed by atoms with Crippen molar-refractivity contribution in [1.82, 2.24) is 10.2 Å². The Morgan fingerprint density at radius 1 is 1.03 bits per heavy atom. The van der Waals surface area contributed by atoms with E-state index in [0.717, 1.165) is 12.0 Å².